The summed E-state index contributed by atoms with van der Waals surface area (Å²) in [4.78, 5) is 13.5. The highest BCUT2D eigenvalue weighted by molar-refractivity contribution is 5.79. The van der Waals surface area contributed by atoms with Crippen LogP contribution in [0.25, 0.3) is 0 Å². The van der Waals surface area contributed by atoms with E-state index in [9.17, 15) is 4.79 Å². The molecule has 0 radical (unpaired) electrons. The third-order valence-electron chi connectivity index (χ3n) is 2.80. The molecular formula is C15H25NO. The summed E-state index contributed by atoms with van der Waals surface area (Å²) in [5.74, 6) is 0.381. The van der Waals surface area contributed by atoms with Crippen LogP contribution in [0.4, 0.5) is 0 Å². The number of likely N-dealkylation sites (tertiary alicyclic amines) is 1. The van der Waals surface area contributed by atoms with Crippen LogP contribution in [-0.4, -0.2) is 29.8 Å². The summed E-state index contributed by atoms with van der Waals surface area (Å²) in [5, 5.41) is 0. The summed E-state index contributed by atoms with van der Waals surface area (Å²) < 4.78 is 0. The Kier molecular flexibility index (Phi) is 8.34. The lowest BCUT2D eigenvalue weighted by molar-refractivity contribution is -0.122. The number of carbonyl (C=O) groups excluding carboxylic acids is 1. The van der Waals surface area contributed by atoms with Gasteiger partial charge < -0.3 is 0 Å². The Morgan fingerprint density at radius 2 is 2.12 bits per heavy atom. The molecule has 1 atom stereocenters. The lowest BCUT2D eigenvalue weighted by Crippen LogP contribution is -2.41. The van der Waals surface area contributed by atoms with Crippen molar-refractivity contribution in [2.75, 3.05) is 13.1 Å². The topological polar surface area (TPSA) is 20.3 Å². The second-order valence-electron chi connectivity index (χ2n) is 3.99. The van der Waals surface area contributed by atoms with Crippen molar-refractivity contribution in [1.82, 2.24) is 4.90 Å². The quantitative estimate of drug-likeness (QED) is 0.696. The van der Waals surface area contributed by atoms with Gasteiger partial charge in [0.1, 0.15) is 5.78 Å². The third-order valence-corrected chi connectivity index (χ3v) is 2.80. The predicted molar refractivity (Wildman–Crippen MR) is 75.1 cm³/mol. The maximum Gasteiger partial charge on any atom is 0.135 e. The number of Topliss-reactive ketones (excluding diaryl/α,β-unsaturated/α-hetero) is 1. The van der Waals surface area contributed by atoms with E-state index < -0.39 is 0 Å². The van der Waals surface area contributed by atoms with E-state index in [1.165, 1.54) is 0 Å². The highest BCUT2D eigenvalue weighted by Gasteiger charge is 2.23. The van der Waals surface area contributed by atoms with Gasteiger partial charge in [0.05, 0.1) is 0 Å². The molecular weight excluding hydrogens is 210 g/mol. The van der Waals surface area contributed by atoms with E-state index >= 15 is 0 Å². The molecule has 0 aromatic rings. The van der Waals surface area contributed by atoms with E-state index in [4.69, 9.17) is 0 Å². The maximum atomic E-state index is 11.2. The van der Waals surface area contributed by atoms with Crippen molar-refractivity contribution in [3.8, 4) is 0 Å². The fraction of sp³-hybridized carbons (Fsp3) is 0.533. The normalized spacial score (nSPS) is 21.5. The Morgan fingerprint density at radius 3 is 2.59 bits per heavy atom. The average Bonchev–Trinajstić information content (AvgIpc) is 2.34. The zero-order valence-electron chi connectivity index (χ0n) is 11.4. The maximum absolute atomic E-state index is 11.2. The smallest absolute Gasteiger partial charge is 0.135 e. The van der Waals surface area contributed by atoms with Crippen molar-refractivity contribution in [3.05, 3.63) is 37.0 Å². The van der Waals surface area contributed by atoms with Crippen LogP contribution in [-0.2, 0) is 4.79 Å². The SMILES string of the molecule is C=C/C=C(\C=C)CN1CCC(=O)CC1C.CC. The van der Waals surface area contributed by atoms with Gasteiger partial charge >= 0.3 is 0 Å². The Hall–Kier alpha value is -1.15. The first kappa shape index (κ1) is 15.9. The molecule has 1 unspecified atom stereocenters. The first-order valence-corrected chi connectivity index (χ1v) is 6.37. The van der Waals surface area contributed by atoms with E-state index in [1.54, 1.807) is 6.08 Å². The van der Waals surface area contributed by atoms with Crippen LogP contribution < -0.4 is 0 Å². The fourth-order valence-corrected chi connectivity index (χ4v) is 1.86. The van der Waals surface area contributed by atoms with Crippen molar-refractivity contribution in [2.24, 2.45) is 0 Å². The van der Waals surface area contributed by atoms with Crippen LogP contribution in [0.1, 0.15) is 33.6 Å². The Morgan fingerprint density at radius 1 is 1.47 bits per heavy atom. The number of piperidine rings is 1. The van der Waals surface area contributed by atoms with Gasteiger partial charge in [0.2, 0.25) is 0 Å². The van der Waals surface area contributed by atoms with E-state index in [1.807, 2.05) is 26.0 Å². The lowest BCUT2D eigenvalue weighted by Gasteiger charge is -2.32. The Bertz CT molecular complexity index is 291. The Labute approximate surface area is 106 Å². The van der Waals surface area contributed by atoms with Crippen molar-refractivity contribution in [2.45, 2.75) is 39.7 Å². The molecule has 2 nitrogen and oxygen atoms in total. The third kappa shape index (κ3) is 5.64. The minimum Gasteiger partial charge on any atom is -0.300 e. The van der Waals surface area contributed by atoms with Gasteiger partial charge in [0.15, 0.2) is 0 Å². The molecule has 1 aliphatic rings. The number of ketones is 1. The van der Waals surface area contributed by atoms with Crippen LogP contribution in [0.5, 0.6) is 0 Å². The predicted octanol–water partition coefficient (Wildman–Crippen LogP) is 3.36. The minimum atomic E-state index is 0.347. The summed E-state index contributed by atoms with van der Waals surface area (Å²) in [5.41, 5.74) is 1.16. The number of rotatable bonds is 4. The molecule has 1 saturated heterocycles. The van der Waals surface area contributed by atoms with Crippen LogP contribution in [0.15, 0.2) is 37.0 Å². The van der Waals surface area contributed by atoms with E-state index in [0.29, 0.717) is 24.7 Å². The fourth-order valence-electron chi connectivity index (χ4n) is 1.86. The van der Waals surface area contributed by atoms with E-state index in [2.05, 4.69) is 25.0 Å². The van der Waals surface area contributed by atoms with Gasteiger partial charge in [0, 0.05) is 32.0 Å². The number of hydrogen-bond acceptors (Lipinski definition) is 2. The second kappa shape index (κ2) is 8.94. The second-order valence-corrected chi connectivity index (χ2v) is 3.99. The zero-order valence-corrected chi connectivity index (χ0v) is 11.4. The Balaban J connectivity index is 0.00000121. The van der Waals surface area contributed by atoms with Crippen molar-refractivity contribution in [3.63, 3.8) is 0 Å². The van der Waals surface area contributed by atoms with Crippen molar-refractivity contribution in [1.29, 1.82) is 0 Å². The number of nitrogens with zero attached hydrogens (tertiary/aromatic N) is 1. The molecule has 0 spiro atoms. The van der Waals surface area contributed by atoms with Gasteiger partial charge in [-0.25, -0.2) is 0 Å². The molecule has 0 amide bonds. The van der Waals surface area contributed by atoms with Crippen LogP contribution in [0.3, 0.4) is 0 Å². The van der Waals surface area contributed by atoms with Crippen LogP contribution >= 0.6 is 0 Å². The molecule has 1 aliphatic heterocycles. The first-order chi connectivity index (χ1) is 8.17. The van der Waals surface area contributed by atoms with Gasteiger partial charge in [-0.3, -0.25) is 9.69 Å². The number of allylic oxidation sites excluding steroid dienone is 2. The van der Waals surface area contributed by atoms with Gasteiger partial charge in [-0.1, -0.05) is 45.2 Å². The number of carbonyl (C=O) groups is 1. The van der Waals surface area contributed by atoms with Crippen LogP contribution in [0.2, 0.25) is 0 Å². The minimum absolute atomic E-state index is 0.347. The van der Waals surface area contributed by atoms with Gasteiger partial charge in [-0.2, -0.15) is 0 Å². The highest BCUT2D eigenvalue weighted by atomic mass is 16.1. The molecule has 1 fully saturated rings. The largest absolute Gasteiger partial charge is 0.300 e. The molecule has 2 heteroatoms. The van der Waals surface area contributed by atoms with Gasteiger partial charge in [0.25, 0.3) is 0 Å². The molecule has 96 valence electrons. The average molecular weight is 235 g/mol. The van der Waals surface area contributed by atoms with Gasteiger partial charge in [-0.15, -0.1) is 0 Å². The molecule has 17 heavy (non-hydrogen) atoms. The monoisotopic (exact) mass is 235 g/mol. The molecule has 0 aromatic carbocycles. The summed E-state index contributed by atoms with van der Waals surface area (Å²) in [6.07, 6.45) is 6.96. The summed E-state index contributed by atoms with van der Waals surface area (Å²) in [6.45, 7) is 15.3. The van der Waals surface area contributed by atoms with Crippen molar-refractivity contribution < 1.29 is 4.79 Å². The number of hydrogen-bond donors (Lipinski definition) is 0. The molecule has 0 aromatic heterocycles. The molecule has 0 bridgehead atoms. The molecule has 0 aliphatic carbocycles. The highest BCUT2D eigenvalue weighted by Crippen LogP contribution is 2.15. The first-order valence-electron chi connectivity index (χ1n) is 6.37. The van der Waals surface area contributed by atoms with Crippen LogP contribution in [0, 0.1) is 0 Å². The molecule has 1 heterocycles. The summed E-state index contributed by atoms with van der Waals surface area (Å²) in [7, 11) is 0. The van der Waals surface area contributed by atoms with E-state index in [-0.39, 0.29) is 0 Å². The standard InChI is InChI=1S/C13H19NO.C2H6/c1-4-6-12(5-2)10-14-8-7-13(15)9-11(14)3;1-2/h4-6,11H,1-2,7-10H2,3H3;1-2H3/b12-6+;. The molecule has 1 rings (SSSR count). The molecule has 0 saturated carbocycles. The van der Waals surface area contributed by atoms with Crippen molar-refractivity contribution >= 4 is 5.78 Å². The summed E-state index contributed by atoms with van der Waals surface area (Å²) in [6, 6.07) is 0.347. The molecule has 0 N–H and O–H groups in total. The zero-order chi connectivity index (χ0) is 13.3. The van der Waals surface area contributed by atoms with Gasteiger partial charge in [-0.05, 0) is 12.5 Å². The van der Waals surface area contributed by atoms with E-state index in [0.717, 1.165) is 18.7 Å². The lowest BCUT2D eigenvalue weighted by atomic mass is 10.0. The summed E-state index contributed by atoms with van der Waals surface area (Å²) >= 11 is 0.